The van der Waals surface area contributed by atoms with E-state index in [2.05, 4.69) is 12.2 Å². The van der Waals surface area contributed by atoms with Gasteiger partial charge in [-0.15, -0.1) is 0 Å². The molecule has 1 N–H and O–H groups in total. The van der Waals surface area contributed by atoms with Gasteiger partial charge in [0.1, 0.15) is 0 Å². The first-order valence-corrected chi connectivity index (χ1v) is 6.11. The van der Waals surface area contributed by atoms with Gasteiger partial charge < -0.3 is 10.1 Å². The first kappa shape index (κ1) is 14.3. The number of carbonyl (C=O) groups excluding carboxylic acids is 1. The summed E-state index contributed by atoms with van der Waals surface area (Å²) in [6.07, 6.45) is 7.11. The summed E-state index contributed by atoms with van der Waals surface area (Å²) >= 11 is 0. The Morgan fingerprint density at radius 1 is 1.13 bits per heavy atom. The van der Waals surface area contributed by atoms with Crippen molar-refractivity contribution >= 4 is 6.09 Å². The van der Waals surface area contributed by atoms with E-state index in [0.717, 1.165) is 13.0 Å². The van der Waals surface area contributed by atoms with Gasteiger partial charge in [-0.1, -0.05) is 39.0 Å². The molecule has 0 rings (SSSR count). The fourth-order valence-corrected chi connectivity index (χ4v) is 1.35. The summed E-state index contributed by atoms with van der Waals surface area (Å²) in [6.45, 7) is 6.65. The largest absolute Gasteiger partial charge is 0.447 e. The SMILES string of the molecule is CCCCCCCCNC(=O)OC(C)C. The molecule has 0 spiro atoms. The third-order valence-electron chi connectivity index (χ3n) is 2.14. The molecule has 0 saturated carbocycles. The minimum Gasteiger partial charge on any atom is -0.447 e. The summed E-state index contributed by atoms with van der Waals surface area (Å²) in [7, 11) is 0. The van der Waals surface area contributed by atoms with Crippen LogP contribution >= 0.6 is 0 Å². The summed E-state index contributed by atoms with van der Waals surface area (Å²) in [5.41, 5.74) is 0. The molecule has 0 aliphatic carbocycles. The standard InChI is InChI=1S/C12H25NO2/c1-4-5-6-7-8-9-10-13-12(14)15-11(2)3/h11H,4-10H2,1-3H3,(H,13,14). The third kappa shape index (κ3) is 11.2. The van der Waals surface area contributed by atoms with E-state index >= 15 is 0 Å². The van der Waals surface area contributed by atoms with Gasteiger partial charge in [0.25, 0.3) is 0 Å². The highest BCUT2D eigenvalue weighted by atomic mass is 16.6. The van der Waals surface area contributed by atoms with Crippen molar-refractivity contribution in [2.45, 2.75) is 65.4 Å². The van der Waals surface area contributed by atoms with Crippen molar-refractivity contribution in [2.24, 2.45) is 0 Å². The Bertz CT molecular complexity index is 158. The Labute approximate surface area is 93.6 Å². The molecule has 0 fully saturated rings. The lowest BCUT2D eigenvalue weighted by Gasteiger charge is -2.09. The van der Waals surface area contributed by atoms with Crippen LogP contribution in [0.5, 0.6) is 0 Å². The highest BCUT2D eigenvalue weighted by Gasteiger charge is 2.02. The van der Waals surface area contributed by atoms with E-state index in [0.29, 0.717) is 0 Å². The fourth-order valence-electron chi connectivity index (χ4n) is 1.35. The van der Waals surface area contributed by atoms with E-state index in [-0.39, 0.29) is 12.2 Å². The van der Waals surface area contributed by atoms with Gasteiger partial charge in [-0.3, -0.25) is 0 Å². The molecular weight excluding hydrogens is 190 g/mol. The molecule has 15 heavy (non-hydrogen) atoms. The normalized spacial score (nSPS) is 10.4. The van der Waals surface area contributed by atoms with Gasteiger partial charge >= 0.3 is 6.09 Å². The molecule has 0 saturated heterocycles. The van der Waals surface area contributed by atoms with Gasteiger partial charge in [-0.25, -0.2) is 4.79 Å². The van der Waals surface area contributed by atoms with Crippen LogP contribution in [0.15, 0.2) is 0 Å². The molecule has 0 bridgehead atoms. The first-order valence-electron chi connectivity index (χ1n) is 6.11. The molecule has 1 amide bonds. The fraction of sp³-hybridized carbons (Fsp3) is 0.917. The molecule has 0 atom stereocenters. The highest BCUT2D eigenvalue weighted by Crippen LogP contribution is 2.04. The van der Waals surface area contributed by atoms with Crippen LogP contribution in [0.3, 0.4) is 0 Å². The molecule has 90 valence electrons. The Morgan fingerprint density at radius 2 is 1.73 bits per heavy atom. The number of amides is 1. The maximum absolute atomic E-state index is 11.1. The van der Waals surface area contributed by atoms with E-state index in [1.54, 1.807) is 0 Å². The van der Waals surface area contributed by atoms with E-state index < -0.39 is 0 Å². The van der Waals surface area contributed by atoms with Crippen molar-refractivity contribution in [2.75, 3.05) is 6.54 Å². The summed E-state index contributed by atoms with van der Waals surface area (Å²) < 4.78 is 4.95. The smallest absolute Gasteiger partial charge is 0.407 e. The zero-order valence-electron chi connectivity index (χ0n) is 10.3. The lowest BCUT2D eigenvalue weighted by atomic mass is 10.1. The van der Waals surface area contributed by atoms with Crippen molar-refractivity contribution in [3.8, 4) is 0 Å². The molecule has 3 nitrogen and oxygen atoms in total. The van der Waals surface area contributed by atoms with Crippen LogP contribution in [0.2, 0.25) is 0 Å². The maximum Gasteiger partial charge on any atom is 0.407 e. The summed E-state index contributed by atoms with van der Waals surface area (Å²) in [5.74, 6) is 0. The van der Waals surface area contributed by atoms with Gasteiger partial charge in [0, 0.05) is 6.54 Å². The van der Waals surface area contributed by atoms with E-state index in [1.807, 2.05) is 13.8 Å². The van der Waals surface area contributed by atoms with Gasteiger partial charge in [0.2, 0.25) is 0 Å². The molecule has 0 aliphatic rings. The van der Waals surface area contributed by atoms with Gasteiger partial charge in [-0.05, 0) is 20.3 Å². The second-order valence-corrected chi connectivity index (χ2v) is 4.15. The number of rotatable bonds is 8. The molecule has 0 aromatic heterocycles. The lowest BCUT2D eigenvalue weighted by molar-refractivity contribution is 0.115. The summed E-state index contributed by atoms with van der Waals surface area (Å²) in [5, 5.41) is 2.74. The summed E-state index contributed by atoms with van der Waals surface area (Å²) in [6, 6.07) is 0. The number of alkyl carbamates (subject to hydrolysis) is 1. The number of unbranched alkanes of at least 4 members (excludes halogenated alkanes) is 5. The van der Waals surface area contributed by atoms with Crippen LogP contribution in [0.1, 0.15) is 59.3 Å². The molecule has 0 radical (unpaired) electrons. The third-order valence-corrected chi connectivity index (χ3v) is 2.14. The van der Waals surface area contributed by atoms with Crippen molar-refractivity contribution in [3.63, 3.8) is 0 Å². The molecule has 0 unspecified atom stereocenters. The van der Waals surface area contributed by atoms with Gasteiger partial charge in [0.15, 0.2) is 0 Å². The zero-order valence-corrected chi connectivity index (χ0v) is 10.3. The topological polar surface area (TPSA) is 38.3 Å². The molecule has 0 aromatic rings. The molecule has 0 aliphatic heterocycles. The Balaban J connectivity index is 3.13. The van der Waals surface area contributed by atoms with Crippen LogP contribution in [0.4, 0.5) is 4.79 Å². The number of nitrogens with one attached hydrogen (secondary N) is 1. The van der Waals surface area contributed by atoms with Crippen molar-refractivity contribution in [1.29, 1.82) is 0 Å². The molecule has 0 heterocycles. The monoisotopic (exact) mass is 215 g/mol. The number of carbonyl (C=O) groups is 1. The van der Waals surface area contributed by atoms with Crippen LogP contribution < -0.4 is 5.32 Å². The van der Waals surface area contributed by atoms with Crippen LogP contribution in [-0.2, 0) is 4.74 Å². The van der Waals surface area contributed by atoms with Crippen molar-refractivity contribution in [3.05, 3.63) is 0 Å². The minimum absolute atomic E-state index is 0.0328. The summed E-state index contributed by atoms with van der Waals surface area (Å²) in [4.78, 5) is 11.1. The van der Waals surface area contributed by atoms with Crippen LogP contribution in [0, 0.1) is 0 Å². The Kier molecular flexibility index (Phi) is 9.33. The predicted molar refractivity (Wildman–Crippen MR) is 63.0 cm³/mol. The maximum atomic E-state index is 11.1. The van der Waals surface area contributed by atoms with E-state index in [1.165, 1.54) is 32.1 Å². The lowest BCUT2D eigenvalue weighted by Crippen LogP contribution is -2.27. The number of hydrogen-bond acceptors (Lipinski definition) is 2. The molecule has 0 aromatic carbocycles. The zero-order chi connectivity index (χ0) is 11.5. The van der Waals surface area contributed by atoms with Crippen molar-refractivity contribution in [1.82, 2.24) is 5.32 Å². The number of ether oxygens (including phenoxy) is 1. The van der Waals surface area contributed by atoms with Crippen LogP contribution in [0.25, 0.3) is 0 Å². The predicted octanol–water partition coefficient (Wildman–Crippen LogP) is 3.48. The van der Waals surface area contributed by atoms with E-state index in [9.17, 15) is 4.79 Å². The second-order valence-electron chi connectivity index (χ2n) is 4.15. The van der Waals surface area contributed by atoms with Crippen LogP contribution in [-0.4, -0.2) is 18.7 Å². The average Bonchev–Trinajstić information content (AvgIpc) is 2.15. The van der Waals surface area contributed by atoms with Crippen molar-refractivity contribution < 1.29 is 9.53 Å². The average molecular weight is 215 g/mol. The first-order chi connectivity index (χ1) is 7.16. The highest BCUT2D eigenvalue weighted by molar-refractivity contribution is 5.67. The number of hydrogen-bond donors (Lipinski definition) is 1. The molecule has 3 heteroatoms. The minimum atomic E-state index is -0.293. The quantitative estimate of drug-likeness (QED) is 0.629. The molecular formula is C12H25NO2. The Morgan fingerprint density at radius 3 is 2.33 bits per heavy atom. The van der Waals surface area contributed by atoms with Gasteiger partial charge in [0.05, 0.1) is 6.10 Å². The van der Waals surface area contributed by atoms with Gasteiger partial charge in [-0.2, -0.15) is 0 Å². The Hall–Kier alpha value is -0.730. The second kappa shape index (κ2) is 9.81. The van der Waals surface area contributed by atoms with E-state index in [4.69, 9.17) is 4.74 Å².